The molecule has 1 saturated heterocycles. The first-order valence-electron chi connectivity index (χ1n) is 5.94. The summed E-state index contributed by atoms with van der Waals surface area (Å²) in [6, 6.07) is 6.60. The van der Waals surface area contributed by atoms with Crippen molar-refractivity contribution in [3.8, 4) is 0 Å². The highest BCUT2D eigenvalue weighted by molar-refractivity contribution is 7.84. The van der Waals surface area contributed by atoms with Crippen molar-refractivity contribution in [2.45, 2.75) is 24.7 Å². The van der Waals surface area contributed by atoms with Crippen molar-refractivity contribution in [2.75, 3.05) is 12.4 Å². The van der Waals surface area contributed by atoms with E-state index >= 15 is 0 Å². The van der Waals surface area contributed by atoms with Crippen LogP contribution >= 0.6 is 0 Å². The molecule has 1 fully saturated rings. The molecule has 1 heterocycles. The van der Waals surface area contributed by atoms with Crippen molar-refractivity contribution in [2.24, 2.45) is 0 Å². The summed E-state index contributed by atoms with van der Waals surface area (Å²) in [4.78, 5) is 10.8. The van der Waals surface area contributed by atoms with Crippen LogP contribution in [-0.2, 0) is 21.3 Å². The molecule has 5 heteroatoms. The second kappa shape index (κ2) is 6.11. The van der Waals surface area contributed by atoms with E-state index in [4.69, 9.17) is 9.84 Å². The Morgan fingerprint density at radius 3 is 3.00 bits per heavy atom. The standard InChI is InChI=1S/C13H16O4S/c14-13(15)11-4-1-3-10(7-11)8-18(16)9-12-5-2-6-17-12/h1,3-4,7,12H,2,5-6,8-9H2,(H,14,15). The lowest BCUT2D eigenvalue weighted by Crippen LogP contribution is -2.16. The molecule has 2 unspecified atom stereocenters. The van der Waals surface area contributed by atoms with Gasteiger partial charge < -0.3 is 9.84 Å². The fourth-order valence-corrected chi connectivity index (χ4v) is 3.37. The number of benzene rings is 1. The van der Waals surface area contributed by atoms with E-state index < -0.39 is 16.8 Å². The highest BCUT2D eigenvalue weighted by atomic mass is 32.2. The molecular formula is C13H16O4S. The molecule has 1 aromatic carbocycles. The molecule has 0 spiro atoms. The number of hydrogen-bond donors (Lipinski definition) is 1. The van der Waals surface area contributed by atoms with E-state index in [1.807, 2.05) is 0 Å². The monoisotopic (exact) mass is 268 g/mol. The number of carboxylic acids is 1. The summed E-state index contributed by atoms with van der Waals surface area (Å²) < 4.78 is 17.4. The molecule has 0 amide bonds. The fourth-order valence-electron chi connectivity index (χ4n) is 2.02. The van der Waals surface area contributed by atoms with Crippen LogP contribution in [0.25, 0.3) is 0 Å². The van der Waals surface area contributed by atoms with Crippen LogP contribution in [0.5, 0.6) is 0 Å². The molecule has 1 N–H and O–H groups in total. The van der Waals surface area contributed by atoms with Crippen molar-refractivity contribution in [3.63, 3.8) is 0 Å². The molecule has 2 rings (SSSR count). The Bertz CT molecular complexity index is 452. The minimum Gasteiger partial charge on any atom is -0.478 e. The second-order valence-electron chi connectivity index (χ2n) is 4.39. The van der Waals surface area contributed by atoms with Crippen molar-refractivity contribution in [3.05, 3.63) is 35.4 Å². The van der Waals surface area contributed by atoms with E-state index in [-0.39, 0.29) is 11.7 Å². The molecule has 0 radical (unpaired) electrons. The summed E-state index contributed by atoms with van der Waals surface area (Å²) >= 11 is 0. The molecule has 0 aromatic heterocycles. The maximum atomic E-state index is 11.9. The topological polar surface area (TPSA) is 63.6 Å². The first kappa shape index (κ1) is 13.2. The van der Waals surface area contributed by atoms with Crippen molar-refractivity contribution >= 4 is 16.8 Å². The Morgan fingerprint density at radius 1 is 1.50 bits per heavy atom. The molecular weight excluding hydrogens is 252 g/mol. The maximum absolute atomic E-state index is 11.9. The zero-order valence-corrected chi connectivity index (χ0v) is 10.8. The predicted molar refractivity (Wildman–Crippen MR) is 69.1 cm³/mol. The highest BCUT2D eigenvalue weighted by Gasteiger charge is 2.18. The van der Waals surface area contributed by atoms with Crippen molar-refractivity contribution < 1.29 is 18.8 Å². The van der Waals surface area contributed by atoms with Gasteiger partial charge >= 0.3 is 5.97 Å². The van der Waals surface area contributed by atoms with Gasteiger partial charge in [-0.3, -0.25) is 4.21 Å². The van der Waals surface area contributed by atoms with Gasteiger partial charge in [-0.1, -0.05) is 12.1 Å². The van der Waals surface area contributed by atoms with Gasteiger partial charge in [0.15, 0.2) is 0 Å². The molecule has 0 bridgehead atoms. The van der Waals surface area contributed by atoms with Gasteiger partial charge in [0, 0.05) is 23.2 Å². The SMILES string of the molecule is O=C(O)c1cccc(CS(=O)CC2CCCO2)c1. The average molecular weight is 268 g/mol. The van der Waals surface area contributed by atoms with E-state index in [0.717, 1.165) is 25.0 Å². The number of carbonyl (C=O) groups is 1. The van der Waals surface area contributed by atoms with Crippen LogP contribution in [0.3, 0.4) is 0 Å². The summed E-state index contributed by atoms with van der Waals surface area (Å²) in [6.45, 7) is 0.760. The Hall–Kier alpha value is -1.20. The van der Waals surface area contributed by atoms with Gasteiger partial charge in [-0.2, -0.15) is 0 Å². The summed E-state index contributed by atoms with van der Waals surface area (Å²) in [5, 5.41) is 8.88. The Labute approximate surface area is 108 Å². The molecule has 98 valence electrons. The Kier molecular flexibility index (Phi) is 4.49. The van der Waals surface area contributed by atoms with E-state index in [1.54, 1.807) is 18.2 Å². The first-order valence-corrected chi connectivity index (χ1v) is 7.43. The molecule has 1 aliphatic heterocycles. The van der Waals surface area contributed by atoms with E-state index in [9.17, 15) is 9.00 Å². The quantitative estimate of drug-likeness (QED) is 0.884. The van der Waals surface area contributed by atoms with Crippen molar-refractivity contribution in [1.29, 1.82) is 0 Å². The predicted octanol–water partition coefficient (Wildman–Crippen LogP) is 1.81. The number of ether oxygens (including phenoxy) is 1. The molecule has 0 aliphatic carbocycles. The van der Waals surface area contributed by atoms with Crippen LogP contribution in [0.1, 0.15) is 28.8 Å². The lowest BCUT2D eigenvalue weighted by Gasteiger charge is -2.09. The zero-order valence-electron chi connectivity index (χ0n) is 10.0. The largest absolute Gasteiger partial charge is 0.478 e. The van der Waals surface area contributed by atoms with E-state index in [1.165, 1.54) is 6.07 Å². The van der Waals surface area contributed by atoms with Gasteiger partial charge in [-0.15, -0.1) is 0 Å². The lowest BCUT2D eigenvalue weighted by molar-refractivity contribution is 0.0696. The van der Waals surface area contributed by atoms with Crippen LogP contribution in [0.2, 0.25) is 0 Å². The first-order chi connectivity index (χ1) is 8.65. The lowest BCUT2D eigenvalue weighted by atomic mass is 10.1. The van der Waals surface area contributed by atoms with Gasteiger partial charge in [-0.25, -0.2) is 4.79 Å². The molecule has 4 nitrogen and oxygen atoms in total. The smallest absolute Gasteiger partial charge is 0.335 e. The zero-order chi connectivity index (χ0) is 13.0. The maximum Gasteiger partial charge on any atom is 0.335 e. The number of carboxylic acid groups (broad SMARTS) is 1. The number of aromatic carboxylic acids is 1. The summed E-state index contributed by atoms with van der Waals surface area (Å²) in [5.41, 5.74) is 1.04. The fraction of sp³-hybridized carbons (Fsp3) is 0.462. The van der Waals surface area contributed by atoms with E-state index in [0.29, 0.717) is 11.5 Å². The molecule has 1 aliphatic rings. The normalized spacial score (nSPS) is 20.8. The Balaban J connectivity index is 1.93. The average Bonchev–Trinajstić information content (AvgIpc) is 2.82. The third-order valence-electron chi connectivity index (χ3n) is 2.90. The van der Waals surface area contributed by atoms with Gasteiger partial charge in [0.2, 0.25) is 0 Å². The van der Waals surface area contributed by atoms with Gasteiger partial charge in [0.05, 0.1) is 17.4 Å². The molecule has 1 aromatic rings. The van der Waals surface area contributed by atoms with Crippen LogP contribution < -0.4 is 0 Å². The Morgan fingerprint density at radius 2 is 2.33 bits per heavy atom. The number of hydrogen-bond acceptors (Lipinski definition) is 3. The minimum absolute atomic E-state index is 0.105. The van der Waals surface area contributed by atoms with Gasteiger partial charge in [0.25, 0.3) is 0 Å². The number of rotatable bonds is 5. The third kappa shape index (κ3) is 3.65. The van der Waals surface area contributed by atoms with Crippen molar-refractivity contribution in [1.82, 2.24) is 0 Å². The third-order valence-corrected chi connectivity index (χ3v) is 4.30. The van der Waals surface area contributed by atoms with Gasteiger partial charge in [-0.05, 0) is 30.5 Å². The molecule has 2 atom stereocenters. The minimum atomic E-state index is -1.00. The summed E-state index contributed by atoms with van der Waals surface area (Å²) in [7, 11) is -1.00. The van der Waals surface area contributed by atoms with Crippen LogP contribution in [0.4, 0.5) is 0 Å². The van der Waals surface area contributed by atoms with Crippen LogP contribution in [0, 0.1) is 0 Å². The second-order valence-corrected chi connectivity index (χ2v) is 5.89. The highest BCUT2D eigenvalue weighted by Crippen LogP contribution is 2.15. The molecule has 18 heavy (non-hydrogen) atoms. The summed E-state index contributed by atoms with van der Waals surface area (Å²) in [5.74, 6) is -0.0279. The van der Waals surface area contributed by atoms with E-state index in [2.05, 4.69) is 0 Å². The van der Waals surface area contributed by atoms with Crippen LogP contribution in [-0.4, -0.2) is 33.7 Å². The van der Waals surface area contributed by atoms with Crippen LogP contribution in [0.15, 0.2) is 24.3 Å². The van der Waals surface area contributed by atoms with Gasteiger partial charge in [0.1, 0.15) is 0 Å². The summed E-state index contributed by atoms with van der Waals surface area (Å²) in [6.07, 6.45) is 2.12. The molecule has 0 saturated carbocycles.